The van der Waals surface area contributed by atoms with Gasteiger partial charge in [-0.05, 0) is 41.5 Å². The second-order valence-corrected chi connectivity index (χ2v) is 5.12. The number of aryl methyl sites for hydroxylation is 2. The number of fused-ring (bicyclic) bond motifs is 1. The molecule has 2 nitrogen and oxygen atoms in total. The van der Waals surface area contributed by atoms with Gasteiger partial charge in [0.05, 0.1) is 6.61 Å². The van der Waals surface area contributed by atoms with E-state index in [1.54, 1.807) is 18.2 Å². The Labute approximate surface area is 111 Å². The summed E-state index contributed by atoms with van der Waals surface area (Å²) in [6.07, 6.45) is 3.49. The summed E-state index contributed by atoms with van der Waals surface area (Å²) in [6, 6.07) is 4.88. The van der Waals surface area contributed by atoms with Crippen LogP contribution in [0.15, 0.2) is 12.1 Å². The average Bonchev–Trinajstić information content (AvgIpc) is 2.43. The zero-order valence-corrected chi connectivity index (χ0v) is 12.0. The van der Waals surface area contributed by atoms with Crippen molar-refractivity contribution in [3.05, 3.63) is 34.4 Å². The predicted molar refractivity (Wildman–Crippen MR) is 76.1 cm³/mol. The molecule has 1 aromatic rings. The molecule has 1 aromatic carbocycles. The van der Waals surface area contributed by atoms with Crippen molar-refractivity contribution in [3.63, 3.8) is 0 Å². The van der Waals surface area contributed by atoms with Gasteiger partial charge in [0.2, 0.25) is 0 Å². The quantitative estimate of drug-likeness (QED) is 0.793. The normalized spacial score (nSPS) is 15.7. The first-order chi connectivity index (χ1) is 8.78. The van der Waals surface area contributed by atoms with E-state index in [-0.39, 0.29) is 0 Å². The molecule has 0 N–H and O–H groups in total. The minimum Gasteiger partial charge on any atom is -0.383 e. The van der Waals surface area contributed by atoms with Gasteiger partial charge >= 0.3 is 0 Å². The van der Waals surface area contributed by atoms with Gasteiger partial charge < -0.3 is 4.74 Å². The molecule has 0 aromatic heterocycles. The maximum atomic E-state index is 5.17. The Bertz CT molecular complexity index is 400. The van der Waals surface area contributed by atoms with Gasteiger partial charge in [0, 0.05) is 26.7 Å². The molecule has 0 saturated carbocycles. The molecule has 2 rings (SSSR count). The number of hydrogen-bond donors (Lipinski definition) is 0. The van der Waals surface area contributed by atoms with E-state index < -0.39 is 0 Å². The van der Waals surface area contributed by atoms with E-state index in [1.807, 2.05) is 0 Å². The zero-order chi connectivity index (χ0) is 13.0. The Morgan fingerprint density at radius 3 is 2.39 bits per heavy atom. The fourth-order valence-electron chi connectivity index (χ4n) is 2.84. The highest BCUT2D eigenvalue weighted by atomic mass is 16.5. The first-order valence-electron chi connectivity index (χ1n) is 7.13. The molecule has 18 heavy (non-hydrogen) atoms. The highest BCUT2D eigenvalue weighted by Crippen LogP contribution is 2.24. The number of methoxy groups -OCH3 is 1. The summed E-state index contributed by atoms with van der Waals surface area (Å²) in [5, 5.41) is 0. The van der Waals surface area contributed by atoms with Gasteiger partial charge in [-0.15, -0.1) is 0 Å². The molecule has 100 valence electrons. The lowest BCUT2D eigenvalue weighted by molar-refractivity contribution is 0.140. The molecule has 0 saturated heterocycles. The molecule has 0 amide bonds. The smallest absolute Gasteiger partial charge is 0.0589 e. The van der Waals surface area contributed by atoms with Crippen molar-refractivity contribution in [2.24, 2.45) is 0 Å². The van der Waals surface area contributed by atoms with E-state index in [1.165, 1.54) is 24.1 Å². The van der Waals surface area contributed by atoms with Gasteiger partial charge in [-0.1, -0.05) is 26.0 Å². The molecule has 0 spiro atoms. The first-order valence-corrected chi connectivity index (χ1v) is 7.13. The molecule has 2 heteroatoms. The van der Waals surface area contributed by atoms with Crippen LogP contribution in [0.4, 0.5) is 0 Å². The van der Waals surface area contributed by atoms with Gasteiger partial charge in [-0.3, -0.25) is 4.90 Å². The molecular formula is C16H25NO. The molecule has 0 unspecified atom stereocenters. The molecule has 1 aliphatic heterocycles. The molecule has 0 fully saturated rings. The van der Waals surface area contributed by atoms with Crippen LogP contribution in [0.1, 0.15) is 36.1 Å². The van der Waals surface area contributed by atoms with Crippen LogP contribution in [-0.2, 0) is 30.5 Å². The molecular weight excluding hydrogens is 222 g/mol. The molecule has 0 atom stereocenters. The van der Waals surface area contributed by atoms with E-state index in [0.29, 0.717) is 0 Å². The van der Waals surface area contributed by atoms with Crippen molar-refractivity contribution >= 4 is 0 Å². The van der Waals surface area contributed by atoms with Crippen LogP contribution < -0.4 is 0 Å². The summed E-state index contributed by atoms with van der Waals surface area (Å²) < 4.78 is 5.17. The average molecular weight is 247 g/mol. The number of hydrogen-bond acceptors (Lipinski definition) is 2. The fraction of sp³-hybridized carbons (Fsp3) is 0.625. The van der Waals surface area contributed by atoms with Gasteiger partial charge in [0.15, 0.2) is 0 Å². The van der Waals surface area contributed by atoms with Gasteiger partial charge in [-0.25, -0.2) is 0 Å². The van der Waals surface area contributed by atoms with Crippen LogP contribution in [0.25, 0.3) is 0 Å². The Hall–Kier alpha value is -0.860. The lowest BCUT2D eigenvalue weighted by atomic mass is 9.91. The summed E-state index contributed by atoms with van der Waals surface area (Å²) in [5.41, 5.74) is 6.18. The van der Waals surface area contributed by atoms with E-state index in [4.69, 9.17) is 4.74 Å². The summed E-state index contributed by atoms with van der Waals surface area (Å²) in [5.74, 6) is 0. The standard InChI is InChI=1S/C16H25NO/c1-4-13-10-15-6-7-17(8-9-18-3)12-16(15)11-14(13)5-2/h10-11H,4-9,12H2,1-3H3. The minimum absolute atomic E-state index is 0.836. The fourth-order valence-corrected chi connectivity index (χ4v) is 2.84. The topological polar surface area (TPSA) is 12.5 Å². The summed E-state index contributed by atoms with van der Waals surface area (Å²) in [7, 11) is 1.78. The Morgan fingerprint density at radius 1 is 1.11 bits per heavy atom. The Kier molecular flexibility index (Phi) is 4.79. The highest BCUT2D eigenvalue weighted by molar-refractivity contribution is 5.40. The van der Waals surface area contributed by atoms with Gasteiger partial charge in [0.1, 0.15) is 0 Å². The van der Waals surface area contributed by atoms with E-state index in [2.05, 4.69) is 30.9 Å². The molecule has 0 bridgehead atoms. The van der Waals surface area contributed by atoms with Crippen molar-refractivity contribution in [2.45, 2.75) is 39.7 Å². The number of ether oxygens (including phenoxy) is 1. The van der Waals surface area contributed by atoms with Crippen molar-refractivity contribution in [3.8, 4) is 0 Å². The van der Waals surface area contributed by atoms with E-state index >= 15 is 0 Å². The van der Waals surface area contributed by atoms with Crippen LogP contribution >= 0.6 is 0 Å². The Morgan fingerprint density at radius 2 is 1.78 bits per heavy atom. The van der Waals surface area contributed by atoms with Gasteiger partial charge in [0.25, 0.3) is 0 Å². The largest absolute Gasteiger partial charge is 0.383 e. The molecule has 1 aliphatic rings. The summed E-state index contributed by atoms with van der Waals surface area (Å²) >= 11 is 0. The zero-order valence-electron chi connectivity index (χ0n) is 12.0. The summed E-state index contributed by atoms with van der Waals surface area (Å²) in [4.78, 5) is 2.50. The third-order valence-electron chi connectivity index (χ3n) is 3.99. The lowest BCUT2D eigenvalue weighted by Crippen LogP contribution is -2.33. The van der Waals surface area contributed by atoms with Crippen LogP contribution in [0.5, 0.6) is 0 Å². The lowest BCUT2D eigenvalue weighted by Gasteiger charge is -2.29. The predicted octanol–water partition coefficient (Wildman–Crippen LogP) is 2.82. The minimum atomic E-state index is 0.836. The van der Waals surface area contributed by atoms with Crippen molar-refractivity contribution in [1.29, 1.82) is 0 Å². The third kappa shape index (κ3) is 2.93. The van der Waals surface area contributed by atoms with E-state index in [0.717, 1.165) is 32.5 Å². The van der Waals surface area contributed by atoms with Gasteiger partial charge in [-0.2, -0.15) is 0 Å². The second-order valence-electron chi connectivity index (χ2n) is 5.12. The molecule has 0 aliphatic carbocycles. The van der Waals surface area contributed by atoms with Crippen molar-refractivity contribution < 1.29 is 4.74 Å². The first kappa shape index (κ1) is 13.6. The second kappa shape index (κ2) is 6.35. The maximum Gasteiger partial charge on any atom is 0.0589 e. The monoisotopic (exact) mass is 247 g/mol. The highest BCUT2D eigenvalue weighted by Gasteiger charge is 2.17. The third-order valence-corrected chi connectivity index (χ3v) is 3.99. The molecule has 0 radical (unpaired) electrons. The van der Waals surface area contributed by atoms with Crippen LogP contribution in [0.2, 0.25) is 0 Å². The number of rotatable bonds is 5. The number of benzene rings is 1. The van der Waals surface area contributed by atoms with Crippen molar-refractivity contribution in [2.75, 3.05) is 26.8 Å². The van der Waals surface area contributed by atoms with Crippen LogP contribution in [0, 0.1) is 0 Å². The summed E-state index contributed by atoms with van der Waals surface area (Å²) in [6.45, 7) is 8.66. The Balaban J connectivity index is 2.16. The molecule has 1 heterocycles. The maximum absolute atomic E-state index is 5.17. The van der Waals surface area contributed by atoms with Crippen LogP contribution in [0.3, 0.4) is 0 Å². The van der Waals surface area contributed by atoms with E-state index in [9.17, 15) is 0 Å². The number of nitrogens with zero attached hydrogens (tertiary/aromatic N) is 1. The SMILES string of the molecule is CCc1cc2c(cc1CC)CN(CCOC)CC2. The van der Waals surface area contributed by atoms with Crippen LogP contribution in [-0.4, -0.2) is 31.7 Å². The van der Waals surface area contributed by atoms with Crippen molar-refractivity contribution in [1.82, 2.24) is 4.90 Å².